The fourth-order valence-corrected chi connectivity index (χ4v) is 4.66. The Labute approximate surface area is 153 Å². The highest BCUT2D eigenvalue weighted by atomic mass is 16.5. The second-order valence-corrected chi connectivity index (χ2v) is 7.08. The molecule has 1 amide bonds. The molecular weight excluding hydrogens is 330 g/mol. The minimum absolute atomic E-state index is 0.00155. The van der Waals surface area contributed by atoms with E-state index in [4.69, 9.17) is 9.47 Å². The molecule has 1 heterocycles. The maximum absolute atomic E-state index is 12.2. The minimum Gasteiger partial charge on any atom is -0.493 e. The van der Waals surface area contributed by atoms with Gasteiger partial charge in [-0.2, -0.15) is 0 Å². The molecule has 0 radical (unpaired) electrons. The lowest BCUT2D eigenvalue weighted by molar-refractivity contribution is -0.131. The van der Waals surface area contributed by atoms with Crippen molar-refractivity contribution < 1.29 is 19.1 Å². The van der Waals surface area contributed by atoms with Crippen LogP contribution in [-0.2, 0) is 21.4 Å². The lowest BCUT2D eigenvalue weighted by atomic mass is 9.77. The van der Waals surface area contributed by atoms with Gasteiger partial charge in [-0.3, -0.25) is 9.59 Å². The molecule has 0 saturated carbocycles. The van der Waals surface area contributed by atoms with Crippen LogP contribution in [0.2, 0.25) is 0 Å². The molecule has 3 aliphatic rings. The number of ketones is 1. The molecule has 136 valence electrons. The average Bonchev–Trinajstić information content (AvgIpc) is 2.94. The molecular formula is C21H23NO4. The van der Waals surface area contributed by atoms with Crippen LogP contribution in [0, 0.1) is 0 Å². The first kappa shape index (κ1) is 16.9. The smallest absolute Gasteiger partial charge is 0.219 e. The van der Waals surface area contributed by atoms with Crippen molar-refractivity contribution in [2.75, 3.05) is 20.3 Å². The molecule has 26 heavy (non-hydrogen) atoms. The van der Waals surface area contributed by atoms with Crippen LogP contribution in [-0.4, -0.2) is 36.9 Å². The molecule has 1 spiro atoms. The van der Waals surface area contributed by atoms with Crippen molar-refractivity contribution in [2.45, 2.75) is 38.1 Å². The van der Waals surface area contributed by atoms with Gasteiger partial charge in [0.15, 0.2) is 17.3 Å². The van der Waals surface area contributed by atoms with Crippen LogP contribution in [0.1, 0.15) is 43.0 Å². The molecule has 2 aliphatic carbocycles. The van der Waals surface area contributed by atoms with Crippen molar-refractivity contribution in [1.82, 2.24) is 4.90 Å². The summed E-state index contributed by atoms with van der Waals surface area (Å²) in [7, 11) is 1.65. The highest BCUT2D eigenvalue weighted by Gasteiger charge is 2.49. The Morgan fingerprint density at radius 3 is 2.69 bits per heavy atom. The number of hydrogen-bond acceptors (Lipinski definition) is 4. The van der Waals surface area contributed by atoms with Gasteiger partial charge in [-0.15, -0.1) is 0 Å². The predicted octanol–water partition coefficient (Wildman–Crippen LogP) is 2.88. The van der Waals surface area contributed by atoms with Gasteiger partial charge >= 0.3 is 0 Å². The Morgan fingerprint density at radius 1 is 1.35 bits per heavy atom. The zero-order chi connectivity index (χ0) is 18.5. The minimum atomic E-state index is -0.445. The molecule has 0 aromatic heterocycles. The third-order valence-corrected chi connectivity index (χ3v) is 5.70. The molecule has 0 saturated heterocycles. The van der Waals surface area contributed by atoms with Gasteiger partial charge < -0.3 is 14.4 Å². The van der Waals surface area contributed by atoms with Gasteiger partial charge in [-0.1, -0.05) is 12.2 Å². The number of carbonyl (C=O) groups excluding carboxylic acids is 2. The first-order valence-corrected chi connectivity index (χ1v) is 9.07. The number of benzene rings is 1. The van der Waals surface area contributed by atoms with E-state index in [1.807, 2.05) is 24.0 Å². The standard InChI is InChI=1S/C21H23NO4/c1-4-26-17-11-14-7-10-22(13(2)23)16-12-21(8-5-15(24)6-9-21)19(18(14)16)20(17)25-3/h5-6,8-9,11,16H,4,7,10,12H2,1-3H3. The summed E-state index contributed by atoms with van der Waals surface area (Å²) in [6.45, 7) is 4.83. The molecule has 1 aromatic carbocycles. The molecule has 4 rings (SSSR count). The number of methoxy groups -OCH3 is 1. The summed E-state index contributed by atoms with van der Waals surface area (Å²) in [6.07, 6.45) is 8.68. The van der Waals surface area contributed by atoms with Crippen molar-refractivity contribution in [3.8, 4) is 11.5 Å². The van der Waals surface area contributed by atoms with E-state index in [2.05, 4.69) is 6.07 Å². The van der Waals surface area contributed by atoms with Gasteiger partial charge in [0.1, 0.15) is 0 Å². The summed E-state index contributed by atoms with van der Waals surface area (Å²) >= 11 is 0. The summed E-state index contributed by atoms with van der Waals surface area (Å²) in [5.41, 5.74) is 2.97. The van der Waals surface area contributed by atoms with E-state index < -0.39 is 5.41 Å². The summed E-state index contributed by atoms with van der Waals surface area (Å²) < 4.78 is 11.6. The largest absolute Gasteiger partial charge is 0.493 e. The number of ether oxygens (including phenoxy) is 2. The van der Waals surface area contributed by atoms with Gasteiger partial charge in [0.25, 0.3) is 0 Å². The van der Waals surface area contributed by atoms with Gasteiger partial charge in [-0.05, 0) is 49.1 Å². The Morgan fingerprint density at radius 2 is 2.08 bits per heavy atom. The number of carbonyl (C=O) groups is 2. The highest BCUT2D eigenvalue weighted by molar-refractivity contribution is 6.01. The topological polar surface area (TPSA) is 55.8 Å². The average molecular weight is 353 g/mol. The fourth-order valence-electron chi connectivity index (χ4n) is 4.66. The zero-order valence-electron chi connectivity index (χ0n) is 15.4. The molecule has 0 fully saturated rings. The van der Waals surface area contributed by atoms with Gasteiger partial charge in [0.2, 0.25) is 5.91 Å². The monoisotopic (exact) mass is 353 g/mol. The Balaban J connectivity index is 1.99. The van der Waals surface area contributed by atoms with Crippen LogP contribution < -0.4 is 9.47 Å². The van der Waals surface area contributed by atoms with E-state index in [0.29, 0.717) is 18.9 Å². The lowest BCUT2D eigenvalue weighted by Crippen LogP contribution is -2.38. The molecule has 0 N–H and O–H groups in total. The number of allylic oxidation sites excluding steroid dienone is 4. The van der Waals surface area contributed by atoms with E-state index in [0.717, 1.165) is 29.7 Å². The van der Waals surface area contributed by atoms with Crippen LogP contribution in [0.5, 0.6) is 11.5 Å². The quantitative estimate of drug-likeness (QED) is 0.838. The van der Waals surface area contributed by atoms with Crippen LogP contribution in [0.4, 0.5) is 0 Å². The number of rotatable bonds is 3. The van der Waals surface area contributed by atoms with Crippen molar-refractivity contribution in [1.29, 1.82) is 0 Å². The van der Waals surface area contributed by atoms with E-state index in [1.165, 1.54) is 5.56 Å². The van der Waals surface area contributed by atoms with E-state index in [9.17, 15) is 9.59 Å². The van der Waals surface area contributed by atoms with E-state index in [-0.39, 0.29) is 17.7 Å². The van der Waals surface area contributed by atoms with Crippen molar-refractivity contribution in [3.63, 3.8) is 0 Å². The predicted molar refractivity (Wildman–Crippen MR) is 97.6 cm³/mol. The maximum atomic E-state index is 12.2. The van der Waals surface area contributed by atoms with Crippen LogP contribution in [0.25, 0.3) is 0 Å². The van der Waals surface area contributed by atoms with Gasteiger partial charge in [-0.25, -0.2) is 0 Å². The Bertz CT molecular complexity index is 836. The molecule has 1 aliphatic heterocycles. The molecule has 5 nitrogen and oxygen atoms in total. The molecule has 1 atom stereocenters. The highest BCUT2D eigenvalue weighted by Crippen LogP contribution is 2.58. The fraction of sp³-hybridized carbons (Fsp3) is 0.429. The third-order valence-electron chi connectivity index (χ3n) is 5.70. The Kier molecular flexibility index (Phi) is 3.90. The van der Waals surface area contributed by atoms with E-state index in [1.54, 1.807) is 26.2 Å². The normalized spacial score (nSPS) is 21.9. The van der Waals surface area contributed by atoms with Crippen molar-refractivity contribution in [2.24, 2.45) is 0 Å². The second kappa shape index (κ2) is 6.01. The number of fused-ring (bicyclic) bond motifs is 1. The Hall–Kier alpha value is -2.56. The summed E-state index contributed by atoms with van der Waals surface area (Å²) in [5.74, 6) is 1.51. The first-order chi connectivity index (χ1) is 12.5. The van der Waals surface area contributed by atoms with Gasteiger partial charge in [0, 0.05) is 24.4 Å². The second-order valence-electron chi connectivity index (χ2n) is 7.08. The van der Waals surface area contributed by atoms with Crippen molar-refractivity contribution in [3.05, 3.63) is 47.1 Å². The maximum Gasteiger partial charge on any atom is 0.219 e. The SMILES string of the molecule is CCOc1cc2c3c(c1OC)C1(C=CC(=O)C=C1)CC3N(C(C)=O)CC2. The summed E-state index contributed by atoms with van der Waals surface area (Å²) in [5, 5.41) is 0. The van der Waals surface area contributed by atoms with Crippen LogP contribution in [0.15, 0.2) is 30.4 Å². The molecule has 1 aromatic rings. The number of nitrogens with zero attached hydrogens (tertiary/aromatic N) is 1. The molecule has 1 unspecified atom stereocenters. The summed E-state index contributed by atoms with van der Waals surface area (Å²) in [4.78, 5) is 25.9. The third kappa shape index (κ3) is 2.30. The van der Waals surface area contributed by atoms with Crippen molar-refractivity contribution >= 4 is 11.7 Å². The van der Waals surface area contributed by atoms with Crippen LogP contribution in [0.3, 0.4) is 0 Å². The van der Waals surface area contributed by atoms with Gasteiger partial charge in [0.05, 0.1) is 19.8 Å². The summed E-state index contributed by atoms with van der Waals surface area (Å²) in [6, 6.07) is 2.06. The lowest BCUT2D eigenvalue weighted by Gasteiger charge is -2.35. The number of amides is 1. The molecule has 0 bridgehead atoms. The van der Waals surface area contributed by atoms with E-state index >= 15 is 0 Å². The first-order valence-electron chi connectivity index (χ1n) is 9.07. The molecule has 5 heteroatoms. The number of hydrogen-bond donors (Lipinski definition) is 0. The van der Waals surface area contributed by atoms with Crippen LogP contribution >= 0.6 is 0 Å². The zero-order valence-corrected chi connectivity index (χ0v) is 15.4.